The molecule has 0 spiro atoms. The molecule has 2 N–H and O–H groups in total. The minimum absolute atomic E-state index is 0.157. The maximum Gasteiger partial charge on any atom is 0.230 e. The normalized spacial score (nSPS) is 10.1. The van der Waals surface area contributed by atoms with Gasteiger partial charge in [0.25, 0.3) is 0 Å². The fourth-order valence-electron chi connectivity index (χ4n) is 2.17. The SMILES string of the molecule is Cc1cccc(Nc2nc(CC(=O)Nc3ccc(C#N)cc3)cs2)n1. The van der Waals surface area contributed by atoms with Gasteiger partial charge >= 0.3 is 0 Å². The lowest BCUT2D eigenvalue weighted by Crippen LogP contribution is -2.14. The molecule has 0 bridgehead atoms. The average Bonchev–Trinajstić information content (AvgIpc) is 3.02. The Kier molecular flexibility index (Phi) is 5.02. The predicted octanol–water partition coefficient (Wildman–Crippen LogP) is 3.64. The number of nitriles is 1. The summed E-state index contributed by atoms with van der Waals surface area (Å²) in [5.41, 5.74) is 2.81. The van der Waals surface area contributed by atoms with E-state index in [1.807, 2.05) is 36.6 Å². The summed E-state index contributed by atoms with van der Waals surface area (Å²) in [4.78, 5) is 20.9. The highest BCUT2D eigenvalue weighted by atomic mass is 32.1. The molecule has 2 aromatic heterocycles. The van der Waals surface area contributed by atoms with E-state index in [9.17, 15) is 4.79 Å². The third-order valence-electron chi connectivity index (χ3n) is 3.31. The van der Waals surface area contributed by atoms with E-state index in [4.69, 9.17) is 5.26 Å². The first-order chi connectivity index (χ1) is 12.1. The van der Waals surface area contributed by atoms with Crippen LogP contribution in [0, 0.1) is 18.3 Å². The number of nitrogens with zero attached hydrogens (tertiary/aromatic N) is 3. The second-order valence-electron chi connectivity index (χ2n) is 5.35. The van der Waals surface area contributed by atoms with Gasteiger partial charge in [-0.3, -0.25) is 4.79 Å². The topological polar surface area (TPSA) is 90.7 Å². The van der Waals surface area contributed by atoms with Crippen molar-refractivity contribution in [3.05, 3.63) is 64.8 Å². The maximum atomic E-state index is 12.1. The molecule has 124 valence electrons. The molecule has 0 fully saturated rings. The van der Waals surface area contributed by atoms with Crippen molar-refractivity contribution in [3.8, 4) is 6.07 Å². The smallest absolute Gasteiger partial charge is 0.230 e. The summed E-state index contributed by atoms with van der Waals surface area (Å²) in [7, 11) is 0. The molecule has 0 aliphatic carbocycles. The summed E-state index contributed by atoms with van der Waals surface area (Å²) in [5.74, 6) is 0.568. The molecule has 0 radical (unpaired) electrons. The maximum absolute atomic E-state index is 12.1. The minimum atomic E-state index is -0.157. The number of aryl methyl sites for hydroxylation is 1. The van der Waals surface area contributed by atoms with E-state index >= 15 is 0 Å². The molecule has 6 nitrogen and oxygen atoms in total. The molecule has 0 atom stereocenters. The summed E-state index contributed by atoms with van der Waals surface area (Å²) in [6.07, 6.45) is 0.180. The van der Waals surface area contributed by atoms with E-state index < -0.39 is 0 Å². The van der Waals surface area contributed by atoms with Gasteiger partial charge in [-0.15, -0.1) is 11.3 Å². The molecule has 0 aliphatic heterocycles. The zero-order valence-corrected chi connectivity index (χ0v) is 14.3. The van der Waals surface area contributed by atoms with Gasteiger partial charge in [-0.2, -0.15) is 5.26 Å². The van der Waals surface area contributed by atoms with Crippen molar-refractivity contribution in [2.24, 2.45) is 0 Å². The Morgan fingerprint density at radius 2 is 2.00 bits per heavy atom. The van der Waals surface area contributed by atoms with Crippen LogP contribution in [-0.2, 0) is 11.2 Å². The second kappa shape index (κ2) is 7.55. The van der Waals surface area contributed by atoms with E-state index in [0.717, 1.165) is 11.5 Å². The third-order valence-corrected chi connectivity index (χ3v) is 4.12. The molecule has 0 saturated carbocycles. The molecule has 3 rings (SSSR count). The number of carbonyl (C=O) groups excluding carboxylic acids is 1. The molecule has 0 unspecified atom stereocenters. The number of nitrogens with one attached hydrogen (secondary N) is 2. The predicted molar refractivity (Wildman–Crippen MR) is 97.9 cm³/mol. The van der Waals surface area contributed by atoms with E-state index in [-0.39, 0.29) is 12.3 Å². The van der Waals surface area contributed by atoms with Crippen LogP contribution in [0.15, 0.2) is 47.8 Å². The van der Waals surface area contributed by atoms with Crippen molar-refractivity contribution < 1.29 is 4.79 Å². The lowest BCUT2D eigenvalue weighted by Gasteiger charge is -2.04. The Balaban J connectivity index is 1.58. The zero-order chi connectivity index (χ0) is 17.6. The van der Waals surface area contributed by atoms with Gasteiger partial charge in [0.05, 0.1) is 23.7 Å². The highest BCUT2D eigenvalue weighted by molar-refractivity contribution is 7.13. The van der Waals surface area contributed by atoms with Crippen molar-refractivity contribution in [1.82, 2.24) is 9.97 Å². The summed E-state index contributed by atoms with van der Waals surface area (Å²) in [6.45, 7) is 1.92. The van der Waals surface area contributed by atoms with Crippen LogP contribution in [0.1, 0.15) is 17.0 Å². The molecule has 1 aromatic carbocycles. The molecule has 0 saturated heterocycles. The van der Waals surface area contributed by atoms with Crippen LogP contribution in [0.25, 0.3) is 0 Å². The Morgan fingerprint density at radius 1 is 1.20 bits per heavy atom. The fraction of sp³-hybridized carbons (Fsp3) is 0.111. The average molecular weight is 349 g/mol. The van der Waals surface area contributed by atoms with Gasteiger partial charge in [-0.1, -0.05) is 6.07 Å². The Bertz CT molecular complexity index is 927. The number of pyridine rings is 1. The van der Waals surface area contributed by atoms with Gasteiger partial charge in [-0.25, -0.2) is 9.97 Å². The molecular formula is C18H15N5OS. The summed E-state index contributed by atoms with van der Waals surface area (Å²) >= 11 is 1.43. The van der Waals surface area contributed by atoms with Gasteiger partial charge < -0.3 is 10.6 Å². The largest absolute Gasteiger partial charge is 0.326 e. The van der Waals surface area contributed by atoms with Crippen molar-refractivity contribution in [3.63, 3.8) is 0 Å². The lowest BCUT2D eigenvalue weighted by atomic mass is 10.2. The Morgan fingerprint density at radius 3 is 2.72 bits per heavy atom. The van der Waals surface area contributed by atoms with E-state index in [1.165, 1.54) is 11.3 Å². The number of hydrogen-bond acceptors (Lipinski definition) is 6. The molecule has 0 aliphatic rings. The highest BCUT2D eigenvalue weighted by Gasteiger charge is 2.09. The van der Waals surface area contributed by atoms with Crippen molar-refractivity contribution in [2.75, 3.05) is 10.6 Å². The Labute approximate surface area is 149 Å². The van der Waals surface area contributed by atoms with Crippen LogP contribution in [0.5, 0.6) is 0 Å². The molecular weight excluding hydrogens is 334 g/mol. The first-order valence-electron chi connectivity index (χ1n) is 7.57. The number of amides is 1. The summed E-state index contributed by atoms with van der Waals surface area (Å²) < 4.78 is 0. The van der Waals surface area contributed by atoms with Crippen LogP contribution in [0.3, 0.4) is 0 Å². The molecule has 3 aromatic rings. The zero-order valence-electron chi connectivity index (χ0n) is 13.5. The summed E-state index contributed by atoms with van der Waals surface area (Å²) in [6, 6.07) is 14.5. The van der Waals surface area contributed by atoms with Crippen molar-refractivity contribution in [1.29, 1.82) is 5.26 Å². The van der Waals surface area contributed by atoms with Crippen molar-refractivity contribution >= 4 is 33.9 Å². The molecule has 1 amide bonds. The number of anilines is 3. The highest BCUT2D eigenvalue weighted by Crippen LogP contribution is 2.20. The van der Waals surface area contributed by atoms with Gasteiger partial charge in [0, 0.05) is 16.8 Å². The van der Waals surface area contributed by atoms with Gasteiger partial charge in [0.2, 0.25) is 5.91 Å². The molecule has 7 heteroatoms. The van der Waals surface area contributed by atoms with Gasteiger partial charge in [-0.05, 0) is 43.3 Å². The van der Waals surface area contributed by atoms with Crippen molar-refractivity contribution in [2.45, 2.75) is 13.3 Å². The van der Waals surface area contributed by atoms with Crippen LogP contribution in [-0.4, -0.2) is 15.9 Å². The number of hydrogen-bond donors (Lipinski definition) is 2. The quantitative estimate of drug-likeness (QED) is 0.734. The number of rotatable bonds is 5. The van der Waals surface area contributed by atoms with Gasteiger partial charge in [0.1, 0.15) is 5.82 Å². The number of carbonyl (C=O) groups is 1. The van der Waals surface area contributed by atoms with Crippen LogP contribution in [0.4, 0.5) is 16.6 Å². The molecule has 25 heavy (non-hydrogen) atoms. The third kappa shape index (κ3) is 4.62. The van der Waals surface area contributed by atoms with Crippen LogP contribution in [0.2, 0.25) is 0 Å². The van der Waals surface area contributed by atoms with Crippen LogP contribution >= 0.6 is 11.3 Å². The fourth-order valence-corrected chi connectivity index (χ4v) is 2.88. The van der Waals surface area contributed by atoms with E-state index in [2.05, 4.69) is 20.6 Å². The minimum Gasteiger partial charge on any atom is -0.326 e. The van der Waals surface area contributed by atoms with E-state index in [1.54, 1.807) is 24.3 Å². The van der Waals surface area contributed by atoms with Gasteiger partial charge in [0.15, 0.2) is 5.13 Å². The van der Waals surface area contributed by atoms with Crippen LogP contribution < -0.4 is 10.6 Å². The number of thiazole rings is 1. The first kappa shape index (κ1) is 16.6. The van der Waals surface area contributed by atoms with E-state index in [0.29, 0.717) is 22.1 Å². The molecule has 2 heterocycles. The standard InChI is InChI=1S/C18H15N5OS/c1-12-3-2-4-16(20-12)23-18-22-15(11-25-18)9-17(24)21-14-7-5-13(10-19)6-8-14/h2-8,11H,9H2,1H3,(H,21,24)(H,20,22,23). The summed E-state index contributed by atoms with van der Waals surface area (Å²) in [5, 5.41) is 17.2. The monoisotopic (exact) mass is 349 g/mol. The Hall–Kier alpha value is -3.24. The lowest BCUT2D eigenvalue weighted by molar-refractivity contribution is -0.115. The number of benzene rings is 1. The second-order valence-corrected chi connectivity index (χ2v) is 6.21. The first-order valence-corrected chi connectivity index (χ1v) is 8.45. The number of aromatic nitrogens is 2.